The van der Waals surface area contributed by atoms with Crippen LogP contribution >= 0.6 is 0 Å². The van der Waals surface area contributed by atoms with Gasteiger partial charge >= 0.3 is 0 Å². The van der Waals surface area contributed by atoms with E-state index in [0.29, 0.717) is 0 Å². The fraction of sp³-hybridized carbons (Fsp3) is 0. The highest BCUT2D eigenvalue weighted by molar-refractivity contribution is 6.27. The summed E-state index contributed by atoms with van der Waals surface area (Å²) in [4.78, 5) is 0. The molecule has 0 nitrogen and oxygen atoms in total. The van der Waals surface area contributed by atoms with Crippen molar-refractivity contribution in [3.8, 4) is 44.5 Å². The third-order valence-corrected chi connectivity index (χ3v) is 13.4. The Bertz CT molecular complexity index is 3830. The number of benzene rings is 13. The Labute approximate surface area is 359 Å². The Hall–Kier alpha value is -8.06. The lowest BCUT2D eigenvalue weighted by molar-refractivity contribution is 1.70. The van der Waals surface area contributed by atoms with E-state index in [2.05, 4.69) is 231 Å². The van der Waals surface area contributed by atoms with Crippen molar-refractivity contribution in [1.82, 2.24) is 0 Å². The van der Waals surface area contributed by atoms with Crippen molar-refractivity contribution in [2.24, 2.45) is 0 Å². The van der Waals surface area contributed by atoms with Gasteiger partial charge in [0.25, 0.3) is 0 Å². The molecule has 2 aliphatic rings. The maximum absolute atomic E-state index is 2.40. The van der Waals surface area contributed by atoms with E-state index in [1.807, 2.05) is 0 Å². The third kappa shape index (κ3) is 5.27. The highest BCUT2D eigenvalue weighted by Crippen LogP contribution is 2.50. The van der Waals surface area contributed by atoms with Gasteiger partial charge in [0.1, 0.15) is 0 Å². The summed E-state index contributed by atoms with van der Waals surface area (Å²) >= 11 is 0. The molecule has 0 aromatic heterocycles. The predicted molar refractivity (Wildman–Crippen MR) is 268 cm³/mol. The molecule has 13 aromatic rings. The lowest BCUT2D eigenvalue weighted by atomic mass is 9.93. The zero-order valence-electron chi connectivity index (χ0n) is 33.9. The minimum Gasteiger partial charge on any atom is -0.0616 e. The van der Waals surface area contributed by atoms with Crippen LogP contribution in [0.2, 0.25) is 0 Å². The Morgan fingerprint density at radius 3 is 1.03 bits per heavy atom. The number of hydrogen-bond acceptors (Lipinski definition) is 0. The summed E-state index contributed by atoms with van der Waals surface area (Å²) in [6.07, 6.45) is 0. The Morgan fingerprint density at radius 1 is 0.145 bits per heavy atom. The standard InChI is InChI=1S/C24H14.C20H12.C18H12/c1-2-7-16-15(6-1)12-13-19-21-11-5-10-20-17-8-3-4-9-18(17)23(24(20)21)14-22(16)19;1-2-6-15-12-19-17-10-4-8-13-7-3-9-16(20(13)17)18(19)11-14(15)5-1;1-3-7-15-13(5-1)9-11-18-16-8-4-2-6-14(16)10-12-17(15)18/h1-14H;1-12H;1-12H. The van der Waals surface area contributed by atoms with Gasteiger partial charge in [-0.1, -0.05) is 212 Å². The van der Waals surface area contributed by atoms with Crippen molar-refractivity contribution >= 4 is 86.2 Å². The molecule has 0 aliphatic heterocycles. The van der Waals surface area contributed by atoms with Crippen LogP contribution in [0.4, 0.5) is 0 Å². The fourth-order valence-corrected chi connectivity index (χ4v) is 10.6. The number of hydrogen-bond donors (Lipinski definition) is 0. The molecule has 0 heterocycles. The molecule has 0 N–H and O–H groups in total. The number of rotatable bonds is 0. The van der Waals surface area contributed by atoms with Gasteiger partial charge in [0.2, 0.25) is 0 Å². The van der Waals surface area contributed by atoms with Gasteiger partial charge in [0.05, 0.1) is 0 Å². The van der Waals surface area contributed by atoms with Crippen molar-refractivity contribution in [1.29, 1.82) is 0 Å². The van der Waals surface area contributed by atoms with E-state index in [9.17, 15) is 0 Å². The first-order valence-corrected chi connectivity index (χ1v) is 21.6. The van der Waals surface area contributed by atoms with Crippen LogP contribution in [0.15, 0.2) is 231 Å². The minimum absolute atomic E-state index is 1.30. The van der Waals surface area contributed by atoms with Crippen LogP contribution in [0, 0.1) is 0 Å². The van der Waals surface area contributed by atoms with E-state index in [4.69, 9.17) is 0 Å². The maximum Gasteiger partial charge on any atom is -0.00199 e. The van der Waals surface area contributed by atoms with E-state index in [0.717, 1.165) is 0 Å². The topological polar surface area (TPSA) is 0 Å². The summed E-state index contributed by atoms with van der Waals surface area (Å²) in [5.74, 6) is 0. The normalized spacial score (nSPS) is 11.9. The van der Waals surface area contributed by atoms with Crippen LogP contribution in [0.25, 0.3) is 131 Å². The van der Waals surface area contributed by atoms with E-state index in [-0.39, 0.29) is 0 Å². The van der Waals surface area contributed by atoms with Crippen molar-refractivity contribution in [2.45, 2.75) is 0 Å². The van der Waals surface area contributed by atoms with E-state index in [1.54, 1.807) is 0 Å². The van der Waals surface area contributed by atoms with E-state index in [1.165, 1.54) is 131 Å². The van der Waals surface area contributed by atoms with Gasteiger partial charge in [-0.3, -0.25) is 0 Å². The van der Waals surface area contributed by atoms with Crippen molar-refractivity contribution in [3.05, 3.63) is 231 Å². The molecular formula is C62H38. The summed E-state index contributed by atoms with van der Waals surface area (Å²) in [6.45, 7) is 0. The average molecular weight is 783 g/mol. The summed E-state index contributed by atoms with van der Waals surface area (Å²) in [7, 11) is 0. The second-order valence-corrected chi connectivity index (χ2v) is 16.7. The molecule has 0 unspecified atom stereocenters. The molecule has 0 saturated heterocycles. The van der Waals surface area contributed by atoms with Crippen molar-refractivity contribution in [3.63, 3.8) is 0 Å². The van der Waals surface area contributed by atoms with Crippen molar-refractivity contribution in [2.75, 3.05) is 0 Å². The quantitative estimate of drug-likeness (QED) is 0.134. The zero-order valence-corrected chi connectivity index (χ0v) is 33.9. The van der Waals surface area contributed by atoms with Crippen LogP contribution in [-0.2, 0) is 0 Å². The molecule has 15 rings (SSSR count). The van der Waals surface area contributed by atoms with E-state index >= 15 is 0 Å². The highest BCUT2D eigenvalue weighted by atomic mass is 14.3. The number of fused-ring (bicyclic) bond motifs is 16. The first-order valence-electron chi connectivity index (χ1n) is 21.6. The summed E-state index contributed by atoms with van der Waals surface area (Å²) in [5.41, 5.74) is 11.0. The fourth-order valence-electron chi connectivity index (χ4n) is 10.6. The van der Waals surface area contributed by atoms with Crippen LogP contribution < -0.4 is 0 Å². The molecule has 0 spiro atoms. The molecule has 0 amide bonds. The lowest BCUT2D eigenvalue weighted by Crippen LogP contribution is -1.82. The van der Waals surface area contributed by atoms with Gasteiger partial charge in [-0.25, -0.2) is 0 Å². The molecule has 2 aliphatic carbocycles. The van der Waals surface area contributed by atoms with Crippen LogP contribution in [-0.4, -0.2) is 0 Å². The Balaban J connectivity index is 0.0000000958. The molecular weight excluding hydrogens is 745 g/mol. The van der Waals surface area contributed by atoms with Crippen molar-refractivity contribution < 1.29 is 0 Å². The van der Waals surface area contributed by atoms with Gasteiger partial charge < -0.3 is 0 Å². The third-order valence-electron chi connectivity index (χ3n) is 13.4. The molecule has 0 radical (unpaired) electrons. The molecule has 62 heavy (non-hydrogen) atoms. The summed E-state index contributed by atoms with van der Waals surface area (Å²) in [6, 6.07) is 83.6. The smallest absolute Gasteiger partial charge is 0.00199 e. The predicted octanol–water partition coefficient (Wildman–Crippen LogP) is 17.6. The van der Waals surface area contributed by atoms with Gasteiger partial charge in [-0.05, 0) is 149 Å². The van der Waals surface area contributed by atoms with Crippen LogP contribution in [0.1, 0.15) is 0 Å². The largest absolute Gasteiger partial charge is 0.0616 e. The Kier molecular flexibility index (Phi) is 7.71. The molecule has 0 atom stereocenters. The summed E-state index contributed by atoms with van der Waals surface area (Å²) < 4.78 is 0. The van der Waals surface area contributed by atoms with Crippen LogP contribution in [0.5, 0.6) is 0 Å². The second kappa shape index (κ2) is 13.7. The minimum atomic E-state index is 1.30. The SMILES string of the molecule is c1ccc2c(c1)-c1cccc3c1c-2cc1c2ccccc2ccc31.c1ccc2c(c1)ccc1c3ccccc3ccc21.c1ccc2cc3c(cc2c1)-c1cccc2cccc-3c12. The first kappa shape index (κ1) is 34.8. The molecule has 13 aromatic carbocycles. The first-order chi connectivity index (χ1) is 30.8. The van der Waals surface area contributed by atoms with Crippen LogP contribution in [0.3, 0.4) is 0 Å². The molecule has 0 fully saturated rings. The molecule has 0 heteroatoms. The maximum atomic E-state index is 2.40. The van der Waals surface area contributed by atoms with Gasteiger partial charge in [-0.15, -0.1) is 0 Å². The summed E-state index contributed by atoms with van der Waals surface area (Å²) in [5, 5.41) is 21.4. The average Bonchev–Trinajstić information content (AvgIpc) is 3.84. The van der Waals surface area contributed by atoms with Gasteiger partial charge in [-0.2, -0.15) is 0 Å². The van der Waals surface area contributed by atoms with Gasteiger partial charge in [0, 0.05) is 0 Å². The monoisotopic (exact) mass is 782 g/mol. The lowest BCUT2D eigenvalue weighted by Gasteiger charge is -2.10. The van der Waals surface area contributed by atoms with Gasteiger partial charge in [0.15, 0.2) is 0 Å². The highest BCUT2D eigenvalue weighted by Gasteiger charge is 2.23. The molecule has 0 bridgehead atoms. The molecule has 286 valence electrons. The Morgan fingerprint density at radius 2 is 0.500 bits per heavy atom. The second-order valence-electron chi connectivity index (χ2n) is 16.7. The zero-order chi connectivity index (χ0) is 40.7. The molecule has 0 saturated carbocycles. The van der Waals surface area contributed by atoms with E-state index < -0.39 is 0 Å².